The Labute approximate surface area is 234 Å². The van der Waals surface area contributed by atoms with Crippen LogP contribution >= 0.6 is 0 Å². The highest BCUT2D eigenvalue weighted by Crippen LogP contribution is 2.35. The number of allylic oxidation sites excluding steroid dienone is 1. The molecule has 0 amide bonds. The van der Waals surface area contributed by atoms with E-state index in [0.29, 0.717) is 34.9 Å². The summed E-state index contributed by atoms with van der Waals surface area (Å²) in [4.78, 5) is 24.0. The Bertz CT molecular complexity index is 1540. The topological polar surface area (TPSA) is 117 Å². The lowest BCUT2D eigenvalue weighted by atomic mass is 9.89. The lowest BCUT2D eigenvalue weighted by molar-refractivity contribution is 0.104. The van der Waals surface area contributed by atoms with Crippen molar-refractivity contribution in [3.8, 4) is 11.5 Å². The van der Waals surface area contributed by atoms with Gasteiger partial charge in [-0.3, -0.25) is 4.79 Å². The minimum atomic E-state index is -0.184. The molecule has 8 nitrogen and oxygen atoms in total. The van der Waals surface area contributed by atoms with Gasteiger partial charge in [0.2, 0.25) is 5.95 Å². The zero-order valence-electron chi connectivity index (χ0n) is 22.7. The molecule has 1 aliphatic heterocycles. The first-order valence-electron chi connectivity index (χ1n) is 13.2. The molecule has 2 heterocycles. The molecule has 0 radical (unpaired) electrons. The second kappa shape index (κ2) is 11.9. The number of hydrogen-bond acceptors (Lipinski definition) is 8. The van der Waals surface area contributed by atoms with Crippen molar-refractivity contribution in [3.05, 3.63) is 119 Å². The van der Waals surface area contributed by atoms with Crippen LogP contribution < -0.4 is 20.9 Å². The van der Waals surface area contributed by atoms with Gasteiger partial charge in [0.05, 0.1) is 25.8 Å². The highest BCUT2D eigenvalue weighted by molar-refractivity contribution is 6.07. The zero-order chi connectivity index (χ0) is 28.1. The number of nitrogen functional groups attached to an aromatic ring is 2. The molecule has 0 fully saturated rings. The van der Waals surface area contributed by atoms with Crippen molar-refractivity contribution in [2.24, 2.45) is 0 Å². The summed E-state index contributed by atoms with van der Waals surface area (Å²) in [5, 5.41) is 0. The van der Waals surface area contributed by atoms with Crippen LogP contribution in [-0.2, 0) is 19.3 Å². The molecule has 1 aromatic heterocycles. The van der Waals surface area contributed by atoms with Crippen molar-refractivity contribution < 1.29 is 14.3 Å². The van der Waals surface area contributed by atoms with Crippen molar-refractivity contribution in [2.75, 3.05) is 32.2 Å². The first kappa shape index (κ1) is 26.7. The Hall–Kier alpha value is -4.85. The van der Waals surface area contributed by atoms with Crippen LogP contribution in [0.4, 0.5) is 11.8 Å². The molecule has 1 unspecified atom stereocenters. The number of anilines is 2. The van der Waals surface area contributed by atoms with Crippen LogP contribution in [0.25, 0.3) is 0 Å². The molecule has 3 aromatic carbocycles. The van der Waals surface area contributed by atoms with Crippen molar-refractivity contribution in [2.45, 2.75) is 25.3 Å². The summed E-state index contributed by atoms with van der Waals surface area (Å²) in [6.45, 7) is 0.815. The number of nitrogens with two attached hydrogens (primary N) is 2. The largest absolute Gasteiger partial charge is 0.493 e. The summed E-state index contributed by atoms with van der Waals surface area (Å²) in [6, 6.07) is 22.7. The van der Waals surface area contributed by atoms with Gasteiger partial charge in [-0.25, -0.2) is 4.98 Å². The normalized spacial score (nSPS) is 14.7. The van der Waals surface area contributed by atoms with Crippen LogP contribution in [0.1, 0.15) is 44.2 Å². The fraction of sp³-hybridized carbons (Fsp3) is 0.219. The fourth-order valence-corrected chi connectivity index (χ4v) is 5.26. The van der Waals surface area contributed by atoms with E-state index in [1.165, 1.54) is 23.8 Å². The summed E-state index contributed by atoms with van der Waals surface area (Å²) in [5.41, 5.74) is 17.5. The van der Waals surface area contributed by atoms with E-state index in [9.17, 15) is 4.79 Å². The average Bonchev–Trinajstić information content (AvgIpc) is 2.98. The molecule has 40 heavy (non-hydrogen) atoms. The van der Waals surface area contributed by atoms with Crippen molar-refractivity contribution in [3.63, 3.8) is 0 Å². The van der Waals surface area contributed by atoms with Gasteiger partial charge in [-0.1, -0.05) is 54.6 Å². The number of fused-ring (bicyclic) bond motifs is 1. The maximum absolute atomic E-state index is 13.6. The molecular formula is C32H33N5O3. The van der Waals surface area contributed by atoms with Gasteiger partial charge in [-0.2, -0.15) is 4.98 Å². The first-order valence-corrected chi connectivity index (χ1v) is 13.2. The molecule has 0 saturated carbocycles. The Kier molecular flexibility index (Phi) is 7.96. The molecule has 0 saturated heterocycles. The molecule has 8 heteroatoms. The molecule has 4 N–H and O–H groups in total. The summed E-state index contributed by atoms with van der Waals surface area (Å²) in [6.07, 6.45) is 7.28. The van der Waals surface area contributed by atoms with E-state index >= 15 is 0 Å². The number of ketones is 1. The van der Waals surface area contributed by atoms with E-state index in [-0.39, 0.29) is 17.8 Å². The third-order valence-corrected chi connectivity index (χ3v) is 7.26. The Morgan fingerprint density at radius 3 is 2.55 bits per heavy atom. The van der Waals surface area contributed by atoms with Gasteiger partial charge in [-0.05, 0) is 47.2 Å². The van der Waals surface area contributed by atoms with E-state index in [2.05, 4.69) is 63.4 Å². The molecule has 1 atom stereocenters. The third-order valence-electron chi connectivity index (χ3n) is 7.26. The Morgan fingerprint density at radius 2 is 1.80 bits per heavy atom. The molecule has 1 aliphatic rings. The smallest absolute Gasteiger partial charge is 0.221 e. The minimum Gasteiger partial charge on any atom is -0.493 e. The predicted octanol–water partition coefficient (Wildman–Crippen LogP) is 4.79. The summed E-state index contributed by atoms with van der Waals surface area (Å²) >= 11 is 0. The summed E-state index contributed by atoms with van der Waals surface area (Å²) < 4.78 is 11.2. The average molecular weight is 536 g/mol. The van der Waals surface area contributed by atoms with Crippen LogP contribution in [0.2, 0.25) is 0 Å². The van der Waals surface area contributed by atoms with E-state index in [1.807, 2.05) is 18.3 Å². The molecule has 5 rings (SSSR count). The standard InChI is InChI=1S/C32H33N5O3/c1-39-29-19-22(16-24-20-35-32(34)36-31(24)33)17-26(30(29)40-2)28(38)13-15-37-14-12-23-10-6-7-11-25(23)27(37)18-21-8-4-3-5-9-21/h3-11,13,15,17,19-20,27H,12,14,16,18H2,1-2H3,(H4,33,34,35,36). The second-order valence-corrected chi connectivity index (χ2v) is 9.77. The number of ether oxygens (including phenoxy) is 2. The number of methoxy groups -OCH3 is 2. The summed E-state index contributed by atoms with van der Waals surface area (Å²) in [7, 11) is 3.08. The highest BCUT2D eigenvalue weighted by atomic mass is 16.5. The van der Waals surface area contributed by atoms with Gasteiger partial charge in [0, 0.05) is 37.0 Å². The molecular weight excluding hydrogens is 502 g/mol. The summed E-state index contributed by atoms with van der Waals surface area (Å²) in [5.74, 6) is 1.06. The lowest BCUT2D eigenvalue weighted by Crippen LogP contribution is -2.32. The molecule has 0 aliphatic carbocycles. The van der Waals surface area contributed by atoms with Gasteiger partial charge in [0.15, 0.2) is 17.3 Å². The van der Waals surface area contributed by atoms with E-state index < -0.39 is 0 Å². The number of rotatable bonds is 9. The lowest BCUT2D eigenvalue weighted by Gasteiger charge is -2.37. The van der Waals surface area contributed by atoms with Crippen molar-refractivity contribution in [1.82, 2.24) is 14.9 Å². The Balaban J connectivity index is 1.45. The predicted molar refractivity (Wildman–Crippen MR) is 156 cm³/mol. The van der Waals surface area contributed by atoms with Crippen LogP contribution in [-0.4, -0.2) is 41.4 Å². The minimum absolute atomic E-state index is 0.112. The van der Waals surface area contributed by atoms with Gasteiger partial charge in [-0.15, -0.1) is 0 Å². The second-order valence-electron chi connectivity index (χ2n) is 9.77. The molecule has 4 aromatic rings. The van der Waals surface area contributed by atoms with Crippen LogP contribution in [0.3, 0.4) is 0 Å². The first-order chi connectivity index (χ1) is 19.5. The molecule has 0 bridgehead atoms. The maximum Gasteiger partial charge on any atom is 0.221 e. The molecule has 204 valence electrons. The number of carbonyl (C=O) groups excluding carboxylic acids is 1. The van der Waals surface area contributed by atoms with Gasteiger partial charge in [0.25, 0.3) is 0 Å². The molecule has 0 spiro atoms. The monoisotopic (exact) mass is 535 g/mol. The fourth-order valence-electron chi connectivity index (χ4n) is 5.26. The van der Waals surface area contributed by atoms with Crippen LogP contribution in [0.15, 0.2) is 85.2 Å². The van der Waals surface area contributed by atoms with E-state index in [0.717, 1.165) is 24.9 Å². The van der Waals surface area contributed by atoms with Gasteiger partial charge < -0.3 is 25.8 Å². The van der Waals surface area contributed by atoms with E-state index in [1.54, 1.807) is 25.4 Å². The quantitative estimate of drug-likeness (QED) is 0.232. The van der Waals surface area contributed by atoms with Crippen LogP contribution in [0, 0.1) is 0 Å². The van der Waals surface area contributed by atoms with Crippen molar-refractivity contribution >= 4 is 17.5 Å². The van der Waals surface area contributed by atoms with E-state index in [4.69, 9.17) is 20.9 Å². The maximum atomic E-state index is 13.6. The SMILES string of the molecule is COc1cc(Cc2cnc(N)nc2N)cc(C(=O)C=CN2CCc3ccccc3C2Cc2ccccc2)c1OC. The van der Waals surface area contributed by atoms with Crippen LogP contribution in [0.5, 0.6) is 11.5 Å². The zero-order valence-corrected chi connectivity index (χ0v) is 22.7. The third kappa shape index (κ3) is 5.76. The number of aromatic nitrogens is 2. The number of nitrogens with zero attached hydrogens (tertiary/aromatic N) is 3. The van der Waals surface area contributed by atoms with Gasteiger partial charge >= 0.3 is 0 Å². The van der Waals surface area contributed by atoms with Crippen molar-refractivity contribution in [1.29, 1.82) is 0 Å². The number of carbonyl (C=O) groups is 1. The van der Waals surface area contributed by atoms with Gasteiger partial charge in [0.1, 0.15) is 5.82 Å². The highest BCUT2D eigenvalue weighted by Gasteiger charge is 2.26. The Morgan fingerprint density at radius 1 is 1.02 bits per heavy atom. The number of hydrogen-bond donors (Lipinski definition) is 2. The number of benzene rings is 3.